The molecule has 0 radical (unpaired) electrons. The van der Waals surface area contributed by atoms with Gasteiger partial charge in [0.1, 0.15) is 0 Å². The van der Waals surface area contributed by atoms with Crippen molar-refractivity contribution in [3.05, 3.63) is 59.7 Å². The quantitative estimate of drug-likeness (QED) is 0.697. The van der Waals surface area contributed by atoms with Gasteiger partial charge in [0.25, 0.3) is 0 Å². The number of rotatable bonds is 2. The van der Waals surface area contributed by atoms with E-state index in [9.17, 15) is 19.8 Å². The standard InChI is InChI=1S/C16H10O4/c17-15(18)12-7-3-6-11-13(12)8-9-4-1-2-5-10(9)14(11)16(19)20/h1-8H,(H,17,18)(H,19,20). The lowest BCUT2D eigenvalue weighted by Gasteiger charge is -2.09. The Morgan fingerprint density at radius 1 is 0.750 bits per heavy atom. The highest BCUT2D eigenvalue weighted by molar-refractivity contribution is 6.19. The van der Waals surface area contributed by atoms with E-state index in [2.05, 4.69) is 0 Å². The SMILES string of the molecule is O=C(O)c1cccc2c(C(=O)O)c3ccccc3cc12. The maximum atomic E-state index is 11.6. The van der Waals surface area contributed by atoms with Crippen molar-refractivity contribution < 1.29 is 19.8 Å². The van der Waals surface area contributed by atoms with Gasteiger partial charge in [-0.15, -0.1) is 0 Å². The zero-order valence-corrected chi connectivity index (χ0v) is 10.3. The van der Waals surface area contributed by atoms with Gasteiger partial charge < -0.3 is 10.2 Å². The second-order valence-corrected chi connectivity index (χ2v) is 4.48. The molecule has 4 nitrogen and oxygen atoms in total. The summed E-state index contributed by atoms with van der Waals surface area (Å²) < 4.78 is 0. The minimum Gasteiger partial charge on any atom is -0.478 e. The molecular formula is C16H10O4. The van der Waals surface area contributed by atoms with Gasteiger partial charge in [-0.2, -0.15) is 0 Å². The summed E-state index contributed by atoms with van der Waals surface area (Å²) in [6.45, 7) is 0. The lowest BCUT2D eigenvalue weighted by atomic mass is 9.94. The van der Waals surface area contributed by atoms with Gasteiger partial charge in [-0.3, -0.25) is 0 Å². The second kappa shape index (κ2) is 4.35. The van der Waals surface area contributed by atoms with Gasteiger partial charge in [0.15, 0.2) is 0 Å². The van der Waals surface area contributed by atoms with E-state index in [1.54, 1.807) is 42.5 Å². The van der Waals surface area contributed by atoms with E-state index < -0.39 is 11.9 Å². The summed E-state index contributed by atoms with van der Waals surface area (Å²) in [5.41, 5.74) is 0.247. The minimum absolute atomic E-state index is 0.107. The highest BCUT2D eigenvalue weighted by Gasteiger charge is 2.17. The monoisotopic (exact) mass is 266 g/mol. The van der Waals surface area contributed by atoms with Crippen LogP contribution >= 0.6 is 0 Å². The Labute approximate surface area is 113 Å². The highest BCUT2D eigenvalue weighted by Crippen LogP contribution is 2.30. The summed E-state index contributed by atoms with van der Waals surface area (Å²) in [5.74, 6) is -2.13. The first-order valence-electron chi connectivity index (χ1n) is 6.00. The molecule has 0 aliphatic carbocycles. The third-order valence-corrected chi connectivity index (χ3v) is 3.35. The normalized spacial score (nSPS) is 10.8. The highest BCUT2D eigenvalue weighted by atomic mass is 16.4. The molecule has 0 aliphatic heterocycles. The number of carboxylic acids is 2. The number of carboxylic acid groups (broad SMARTS) is 2. The predicted molar refractivity (Wildman–Crippen MR) is 75.4 cm³/mol. The van der Waals surface area contributed by atoms with E-state index in [0.717, 1.165) is 0 Å². The summed E-state index contributed by atoms with van der Waals surface area (Å²) in [6, 6.07) is 13.5. The van der Waals surface area contributed by atoms with Crippen LogP contribution in [0, 0.1) is 0 Å². The van der Waals surface area contributed by atoms with E-state index in [-0.39, 0.29) is 11.1 Å². The Hall–Kier alpha value is -2.88. The van der Waals surface area contributed by atoms with Crippen molar-refractivity contribution in [3.63, 3.8) is 0 Å². The Kier molecular flexibility index (Phi) is 2.64. The molecular weight excluding hydrogens is 256 g/mol. The first-order valence-corrected chi connectivity index (χ1v) is 6.00. The van der Waals surface area contributed by atoms with Crippen LogP contribution in [-0.2, 0) is 0 Å². The van der Waals surface area contributed by atoms with Gasteiger partial charge in [-0.05, 0) is 33.7 Å². The maximum Gasteiger partial charge on any atom is 0.336 e. The molecule has 4 heteroatoms. The van der Waals surface area contributed by atoms with Crippen LogP contribution < -0.4 is 0 Å². The van der Waals surface area contributed by atoms with Crippen LogP contribution in [0.1, 0.15) is 20.7 Å². The van der Waals surface area contributed by atoms with Crippen molar-refractivity contribution in [2.45, 2.75) is 0 Å². The molecule has 0 atom stereocenters. The topological polar surface area (TPSA) is 74.6 Å². The van der Waals surface area contributed by atoms with E-state index in [0.29, 0.717) is 21.5 Å². The fourth-order valence-corrected chi connectivity index (χ4v) is 2.51. The number of hydrogen-bond donors (Lipinski definition) is 2. The molecule has 0 heterocycles. The van der Waals surface area contributed by atoms with Gasteiger partial charge >= 0.3 is 11.9 Å². The van der Waals surface area contributed by atoms with Gasteiger partial charge in [-0.1, -0.05) is 36.4 Å². The predicted octanol–water partition coefficient (Wildman–Crippen LogP) is 3.39. The van der Waals surface area contributed by atoms with Crippen molar-refractivity contribution in [1.82, 2.24) is 0 Å². The van der Waals surface area contributed by atoms with Crippen LogP contribution in [0.25, 0.3) is 21.5 Å². The third-order valence-electron chi connectivity index (χ3n) is 3.35. The van der Waals surface area contributed by atoms with Gasteiger partial charge in [0.05, 0.1) is 11.1 Å². The number of carbonyl (C=O) groups is 2. The molecule has 0 aromatic heterocycles. The zero-order valence-electron chi connectivity index (χ0n) is 10.3. The van der Waals surface area contributed by atoms with Crippen LogP contribution in [0.2, 0.25) is 0 Å². The Morgan fingerprint density at radius 2 is 1.45 bits per heavy atom. The summed E-state index contributed by atoms with van der Waals surface area (Å²) in [7, 11) is 0. The Bertz CT molecular complexity index is 865. The molecule has 0 amide bonds. The molecule has 3 aromatic carbocycles. The molecule has 0 fully saturated rings. The average molecular weight is 266 g/mol. The van der Waals surface area contributed by atoms with Crippen LogP contribution in [0.5, 0.6) is 0 Å². The lowest BCUT2D eigenvalue weighted by Crippen LogP contribution is -2.03. The van der Waals surface area contributed by atoms with Gasteiger partial charge in [0.2, 0.25) is 0 Å². The molecule has 0 saturated heterocycles. The molecule has 98 valence electrons. The zero-order chi connectivity index (χ0) is 14.3. The molecule has 0 saturated carbocycles. The largest absolute Gasteiger partial charge is 0.478 e. The molecule has 3 aromatic rings. The molecule has 2 N–H and O–H groups in total. The van der Waals surface area contributed by atoms with Crippen LogP contribution in [0.3, 0.4) is 0 Å². The average Bonchev–Trinajstić information content (AvgIpc) is 2.43. The molecule has 20 heavy (non-hydrogen) atoms. The molecule has 0 spiro atoms. The van der Waals surface area contributed by atoms with Crippen LogP contribution in [-0.4, -0.2) is 22.2 Å². The lowest BCUT2D eigenvalue weighted by molar-refractivity contribution is 0.0687. The van der Waals surface area contributed by atoms with E-state index in [4.69, 9.17) is 0 Å². The minimum atomic E-state index is -1.07. The van der Waals surface area contributed by atoms with Crippen LogP contribution in [0.15, 0.2) is 48.5 Å². The molecule has 0 bridgehead atoms. The molecule has 3 rings (SSSR count). The first kappa shape index (κ1) is 12.2. The van der Waals surface area contributed by atoms with Crippen molar-refractivity contribution in [1.29, 1.82) is 0 Å². The van der Waals surface area contributed by atoms with Crippen molar-refractivity contribution in [2.24, 2.45) is 0 Å². The summed E-state index contributed by atoms with van der Waals surface area (Å²) in [5, 5.41) is 20.9. The Morgan fingerprint density at radius 3 is 2.15 bits per heavy atom. The number of fused-ring (bicyclic) bond motifs is 2. The second-order valence-electron chi connectivity index (χ2n) is 4.48. The third kappa shape index (κ3) is 1.70. The summed E-state index contributed by atoms with van der Waals surface area (Å²) in [4.78, 5) is 22.8. The first-order chi connectivity index (χ1) is 9.59. The number of hydrogen-bond acceptors (Lipinski definition) is 2. The van der Waals surface area contributed by atoms with E-state index >= 15 is 0 Å². The summed E-state index contributed by atoms with van der Waals surface area (Å²) >= 11 is 0. The molecule has 0 aliphatic rings. The van der Waals surface area contributed by atoms with Crippen molar-refractivity contribution >= 4 is 33.5 Å². The fraction of sp³-hybridized carbons (Fsp3) is 0. The van der Waals surface area contributed by atoms with E-state index in [1.165, 1.54) is 6.07 Å². The molecule has 0 unspecified atom stereocenters. The van der Waals surface area contributed by atoms with Gasteiger partial charge in [-0.25, -0.2) is 9.59 Å². The van der Waals surface area contributed by atoms with E-state index in [1.807, 2.05) is 0 Å². The maximum absolute atomic E-state index is 11.6. The smallest absolute Gasteiger partial charge is 0.336 e. The van der Waals surface area contributed by atoms with Gasteiger partial charge in [0, 0.05) is 0 Å². The fourth-order valence-electron chi connectivity index (χ4n) is 2.51. The van der Waals surface area contributed by atoms with Crippen molar-refractivity contribution in [3.8, 4) is 0 Å². The van der Waals surface area contributed by atoms with Crippen LogP contribution in [0.4, 0.5) is 0 Å². The van der Waals surface area contributed by atoms with Crippen molar-refractivity contribution in [2.75, 3.05) is 0 Å². The summed E-state index contributed by atoms with van der Waals surface area (Å²) in [6.07, 6.45) is 0. The number of benzene rings is 3. The number of aromatic carboxylic acids is 2. The Balaban J connectivity index is 2.60.